The molecule has 1 amide bonds. The predicted octanol–water partition coefficient (Wildman–Crippen LogP) is 4.14. The molecule has 1 heterocycles. The van der Waals surface area contributed by atoms with Gasteiger partial charge >= 0.3 is 6.18 Å². The van der Waals surface area contributed by atoms with E-state index in [2.05, 4.69) is 5.32 Å². The van der Waals surface area contributed by atoms with Crippen LogP contribution in [-0.4, -0.2) is 18.6 Å². The molecule has 0 aromatic heterocycles. The summed E-state index contributed by atoms with van der Waals surface area (Å²) in [5.74, 6) is 0.239. The van der Waals surface area contributed by atoms with Gasteiger partial charge in [-0.05, 0) is 30.3 Å². The van der Waals surface area contributed by atoms with Gasteiger partial charge in [-0.15, -0.1) is 0 Å². The van der Waals surface area contributed by atoms with Gasteiger partial charge in [0.05, 0.1) is 16.3 Å². The van der Waals surface area contributed by atoms with Crippen LogP contribution in [0.5, 0.6) is 11.5 Å². The summed E-state index contributed by atoms with van der Waals surface area (Å²) in [6.45, 7) is -0.0561. The van der Waals surface area contributed by atoms with Crippen LogP contribution in [-0.2, 0) is 11.0 Å². The Hall–Kier alpha value is -2.41. The number of ether oxygens (including phenoxy) is 2. The monoisotopic (exact) mass is 357 g/mol. The fourth-order valence-electron chi connectivity index (χ4n) is 2.16. The molecule has 0 saturated heterocycles. The molecule has 0 saturated carbocycles. The van der Waals surface area contributed by atoms with Crippen molar-refractivity contribution < 1.29 is 27.4 Å². The standard InChI is InChI=1S/C16H11ClF3NO3/c17-10-6-5-9(16(18,19)20)7-11(10)21-15(22)14-8-23-12-3-1-2-4-13(12)24-14/h1-7,14H,8H2,(H,21,22)/t14-/m0/s1. The van der Waals surface area contributed by atoms with Crippen molar-refractivity contribution in [2.24, 2.45) is 0 Å². The van der Waals surface area contributed by atoms with E-state index < -0.39 is 23.8 Å². The van der Waals surface area contributed by atoms with Crippen molar-refractivity contribution in [1.29, 1.82) is 0 Å². The molecule has 0 unspecified atom stereocenters. The second-order valence-corrected chi connectivity index (χ2v) is 5.45. The van der Waals surface area contributed by atoms with Crippen molar-refractivity contribution in [2.45, 2.75) is 12.3 Å². The van der Waals surface area contributed by atoms with E-state index in [1.807, 2.05) is 0 Å². The molecule has 1 N–H and O–H groups in total. The Morgan fingerprint density at radius 3 is 2.58 bits per heavy atom. The zero-order valence-electron chi connectivity index (χ0n) is 12.1. The molecule has 2 aromatic carbocycles. The molecule has 0 fully saturated rings. The molecule has 0 bridgehead atoms. The Balaban J connectivity index is 1.76. The Bertz CT molecular complexity index is 779. The normalized spacial score (nSPS) is 16.6. The van der Waals surface area contributed by atoms with Crippen LogP contribution < -0.4 is 14.8 Å². The molecule has 1 aliphatic rings. The van der Waals surface area contributed by atoms with Crippen LogP contribution in [0, 0.1) is 0 Å². The molecule has 0 spiro atoms. The van der Waals surface area contributed by atoms with E-state index in [1.54, 1.807) is 24.3 Å². The summed E-state index contributed by atoms with van der Waals surface area (Å²) in [5, 5.41) is 2.34. The number of carbonyl (C=O) groups excluding carboxylic acids is 1. The highest BCUT2D eigenvalue weighted by Gasteiger charge is 2.32. The third-order valence-corrected chi connectivity index (χ3v) is 3.68. The zero-order chi connectivity index (χ0) is 17.3. The highest BCUT2D eigenvalue weighted by atomic mass is 35.5. The van der Waals surface area contributed by atoms with E-state index >= 15 is 0 Å². The largest absolute Gasteiger partial charge is 0.485 e. The van der Waals surface area contributed by atoms with Crippen LogP contribution in [0.4, 0.5) is 18.9 Å². The van der Waals surface area contributed by atoms with Crippen LogP contribution in [0.1, 0.15) is 5.56 Å². The summed E-state index contributed by atoms with van der Waals surface area (Å²) < 4.78 is 49.2. The van der Waals surface area contributed by atoms with Gasteiger partial charge in [-0.2, -0.15) is 13.2 Å². The quantitative estimate of drug-likeness (QED) is 0.878. The van der Waals surface area contributed by atoms with E-state index in [9.17, 15) is 18.0 Å². The molecule has 0 aliphatic carbocycles. The van der Waals surface area contributed by atoms with Gasteiger partial charge in [0.1, 0.15) is 6.61 Å². The average Bonchev–Trinajstić information content (AvgIpc) is 2.55. The maximum absolute atomic E-state index is 12.8. The number of nitrogens with one attached hydrogen (secondary N) is 1. The summed E-state index contributed by atoms with van der Waals surface area (Å²) in [6, 6.07) is 9.48. The molecule has 2 aromatic rings. The fourth-order valence-corrected chi connectivity index (χ4v) is 2.32. The number of para-hydroxylation sites is 2. The maximum Gasteiger partial charge on any atom is 0.416 e. The highest BCUT2D eigenvalue weighted by molar-refractivity contribution is 6.33. The maximum atomic E-state index is 12.8. The van der Waals surface area contributed by atoms with Crippen molar-refractivity contribution in [3.8, 4) is 11.5 Å². The molecular formula is C16H11ClF3NO3. The van der Waals surface area contributed by atoms with Gasteiger partial charge in [-0.3, -0.25) is 4.79 Å². The molecule has 3 rings (SSSR count). The van der Waals surface area contributed by atoms with Gasteiger partial charge in [-0.25, -0.2) is 0 Å². The number of halogens is 4. The third kappa shape index (κ3) is 3.41. The lowest BCUT2D eigenvalue weighted by Gasteiger charge is -2.25. The second kappa shape index (κ2) is 6.24. The summed E-state index contributed by atoms with van der Waals surface area (Å²) >= 11 is 5.86. The fraction of sp³-hybridized carbons (Fsp3) is 0.188. The summed E-state index contributed by atoms with van der Waals surface area (Å²) in [4.78, 5) is 12.2. The van der Waals surface area contributed by atoms with Crippen molar-refractivity contribution in [3.63, 3.8) is 0 Å². The average molecular weight is 358 g/mol. The zero-order valence-corrected chi connectivity index (χ0v) is 12.8. The topological polar surface area (TPSA) is 47.6 Å². The number of fused-ring (bicyclic) bond motifs is 1. The second-order valence-electron chi connectivity index (χ2n) is 5.05. The van der Waals surface area contributed by atoms with Crippen LogP contribution >= 0.6 is 11.6 Å². The smallest absolute Gasteiger partial charge is 0.416 e. The van der Waals surface area contributed by atoms with Gasteiger partial charge in [0, 0.05) is 0 Å². The lowest BCUT2D eigenvalue weighted by atomic mass is 10.2. The van der Waals surface area contributed by atoms with Crippen LogP contribution in [0.2, 0.25) is 5.02 Å². The van der Waals surface area contributed by atoms with E-state index in [1.165, 1.54) is 0 Å². The van der Waals surface area contributed by atoms with Gasteiger partial charge in [0.2, 0.25) is 6.10 Å². The first-order chi connectivity index (χ1) is 11.3. The van der Waals surface area contributed by atoms with Crippen LogP contribution in [0.3, 0.4) is 0 Å². The lowest BCUT2D eigenvalue weighted by molar-refractivity contribution is -0.137. The van der Waals surface area contributed by atoms with Crippen LogP contribution in [0.25, 0.3) is 0 Å². The summed E-state index contributed by atoms with van der Waals surface area (Å²) in [7, 11) is 0. The van der Waals surface area contributed by atoms with Gasteiger partial charge in [-0.1, -0.05) is 23.7 Å². The van der Waals surface area contributed by atoms with Crippen LogP contribution in [0.15, 0.2) is 42.5 Å². The summed E-state index contributed by atoms with van der Waals surface area (Å²) in [5.41, 5.74) is -1.05. The Labute approximate surface area is 140 Å². The van der Waals surface area contributed by atoms with E-state index in [4.69, 9.17) is 21.1 Å². The van der Waals surface area contributed by atoms with Gasteiger partial charge in [0.15, 0.2) is 11.5 Å². The summed E-state index contributed by atoms with van der Waals surface area (Å²) in [6.07, 6.45) is -5.53. The third-order valence-electron chi connectivity index (χ3n) is 3.35. The van der Waals surface area contributed by atoms with Crippen molar-refractivity contribution >= 4 is 23.2 Å². The number of hydrogen-bond donors (Lipinski definition) is 1. The first-order valence-corrected chi connectivity index (χ1v) is 7.28. The number of amides is 1. The Kier molecular flexibility index (Phi) is 4.28. The minimum absolute atomic E-state index is 0.00604. The molecule has 1 aliphatic heterocycles. The molecule has 8 heteroatoms. The van der Waals surface area contributed by atoms with E-state index in [0.717, 1.165) is 18.2 Å². The Morgan fingerprint density at radius 1 is 1.17 bits per heavy atom. The highest BCUT2D eigenvalue weighted by Crippen LogP contribution is 2.34. The minimum Gasteiger partial charge on any atom is -0.485 e. The van der Waals surface area contributed by atoms with E-state index in [0.29, 0.717) is 11.5 Å². The first kappa shape index (κ1) is 16.4. The number of benzene rings is 2. The van der Waals surface area contributed by atoms with Crippen molar-refractivity contribution in [3.05, 3.63) is 53.1 Å². The van der Waals surface area contributed by atoms with E-state index in [-0.39, 0.29) is 17.3 Å². The number of anilines is 1. The lowest BCUT2D eigenvalue weighted by Crippen LogP contribution is -2.40. The van der Waals surface area contributed by atoms with Gasteiger partial charge < -0.3 is 14.8 Å². The van der Waals surface area contributed by atoms with Gasteiger partial charge in [0.25, 0.3) is 5.91 Å². The molecule has 4 nitrogen and oxygen atoms in total. The number of alkyl halides is 3. The molecule has 126 valence electrons. The Morgan fingerprint density at radius 2 is 1.88 bits per heavy atom. The molecular weight excluding hydrogens is 347 g/mol. The SMILES string of the molecule is O=C(Nc1cc(C(F)(F)F)ccc1Cl)[C@@H]1COc2ccccc2O1. The first-order valence-electron chi connectivity index (χ1n) is 6.90. The predicted molar refractivity (Wildman–Crippen MR) is 81.4 cm³/mol. The number of carbonyl (C=O) groups is 1. The van der Waals surface area contributed by atoms with Crippen molar-refractivity contribution in [1.82, 2.24) is 0 Å². The molecule has 1 atom stereocenters. The molecule has 0 radical (unpaired) electrons. The minimum atomic E-state index is -4.53. The number of rotatable bonds is 2. The molecule has 24 heavy (non-hydrogen) atoms. The number of hydrogen-bond acceptors (Lipinski definition) is 3. The van der Waals surface area contributed by atoms with Crippen molar-refractivity contribution in [2.75, 3.05) is 11.9 Å².